The van der Waals surface area contributed by atoms with E-state index in [0.29, 0.717) is 18.4 Å². The number of hydrogen-bond acceptors (Lipinski definition) is 3. The molecule has 2 unspecified atom stereocenters. The lowest BCUT2D eigenvalue weighted by molar-refractivity contribution is -0.150. The average Bonchev–Trinajstić information content (AvgIpc) is 2.74. The summed E-state index contributed by atoms with van der Waals surface area (Å²) in [6.07, 6.45) is 2.70. The molecule has 1 heterocycles. The summed E-state index contributed by atoms with van der Waals surface area (Å²) in [4.78, 5) is 13.6. The second kappa shape index (κ2) is 5.83. The standard InChI is InChI=1S/C13H26N2O2/c1-10(2)4-6-13(3,12(16)17)15-7-5-11(8-14)9-15/h10-11H,4-9,14H2,1-3H3,(H,16,17). The Labute approximate surface area is 104 Å². The maximum Gasteiger partial charge on any atom is 0.323 e. The van der Waals surface area contributed by atoms with Crippen molar-refractivity contribution >= 4 is 5.97 Å². The summed E-state index contributed by atoms with van der Waals surface area (Å²) in [7, 11) is 0. The first-order valence-electron chi connectivity index (χ1n) is 6.58. The third kappa shape index (κ3) is 3.42. The SMILES string of the molecule is CC(C)CCC(C)(C(=O)O)N1CCC(CN)C1. The van der Waals surface area contributed by atoms with Crippen LogP contribution in [0, 0.1) is 11.8 Å². The molecular formula is C13H26N2O2. The quantitative estimate of drug-likeness (QED) is 0.741. The molecule has 4 heteroatoms. The monoisotopic (exact) mass is 242 g/mol. The molecule has 1 rings (SSSR count). The van der Waals surface area contributed by atoms with Gasteiger partial charge in [0.25, 0.3) is 0 Å². The van der Waals surface area contributed by atoms with Gasteiger partial charge in [-0.1, -0.05) is 13.8 Å². The van der Waals surface area contributed by atoms with Gasteiger partial charge >= 0.3 is 5.97 Å². The molecule has 0 aromatic carbocycles. The van der Waals surface area contributed by atoms with Crippen LogP contribution < -0.4 is 5.73 Å². The molecule has 0 spiro atoms. The van der Waals surface area contributed by atoms with Gasteiger partial charge < -0.3 is 10.8 Å². The minimum absolute atomic E-state index is 0.465. The summed E-state index contributed by atoms with van der Waals surface area (Å²) in [5.41, 5.74) is 4.95. The van der Waals surface area contributed by atoms with E-state index >= 15 is 0 Å². The molecule has 3 N–H and O–H groups in total. The molecule has 1 saturated heterocycles. The maximum atomic E-state index is 11.5. The average molecular weight is 242 g/mol. The van der Waals surface area contributed by atoms with E-state index in [-0.39, 0.29) is 0 Å². The molecule has 0 aliphatic carbocycles. The second-order valence-corrected chi connectivity index (χ2v) is 5.85. The molecule has 2 atom stereocenters. The van der Waals surface area contributed by atoms with Crippen molar-refractivity contribution in [1.29, 1.82) is 0 Å². The first-order chi connectivity index (χ1) is 7.90. The highest BCUT2D eigenvalue weighted by atomic mass is 16.4. The number of likely N-dealkylation sites (tertiary alicyclic amines) is 1. The molecule has 0 aromatic heterocycles. The largest absolute Gasteiger partial charge is 0.480 e. The van der Waals surface area contributed by atoms with E-state index in [0.717, 1.165) is 32.4 Å². The number of rotatable bonds is 6. The van der Waals surface area contributed by atoms with Crippen molar-refractivity contribution in [1.82, 2.24) is 4.90 Å². The molecule has 4 nitrogen and oxygen atoms in total. The first kappa shape index (κ1) is 14.5. The third-order valence-corrected chi connectivity index (χ3v) is 3.99. The maximum absolute atomic E-state index is 11.5. The predicted molar refractivity (Wildman–Crippen MR) is 68.8 cm³/mol. The molecule has 1 fully saturated rings. The molecule has 0 amide bonds. The van der Waals surface area contributed by atoms with Gasteiger partial charge in [0, 0.05) is 6.54 Å². The predicted octanol–water partition coefficient (Wildman–Crippen LogP) is 1.55. The number of carboxylic acid groups (broad SMARTS) is 1. The zero-order valence-electron chi connectivity index (χ0n) is 11.3. The number of nitrogens with zero attached hydrogens (tertiary/aromatic N) is 1. The lowest BCUT2D eigenvalue weighted by atomic mass is 9.90. The van der Waals surface area contributed by atoms with Crippen molar-refractivity contribution in [2.24, 2.45) is 17.6 Å². The number of hydrogen-bond donors (Lipinski definition) is 2. The van der Waals surface area contributed by atoms with E-state index in [9.17, 15) is 9.90 Å². The van der Waals surface area contributed by atoms with Crippen molar-refractivity contribution in [3.05, 3.63) is 0 Å². The van der Waals surface area contributed by atoms with E-state index in [1.807, 2.05) is 6.92 Å². The number of carboxylic acids is 1. The summed E-state index contributed by atoms with van der Waals surface area (Å²) in [6, 6.07) is 0. The van der Waals surface area contributed by atoms with Crippen LogP contribution in [0.15, 0.2) is 0 Å². The molecule has 0 bridgehead atoms. The van der Waals surface area contributed by atoms with E-state index in [4.69, 9.17) is 5.73 Å². The lowest BCUT2D eigenvalue weighted by Crippen LogP contribution is -2.51. The summed E-state index contributed by atoms with van der Waals surface area (Å²) >= 11 is 0. The Morgan fingerprint density at radius 2 is 2.24 bits per heavy atom. The van der Waals surface area contributed by atoms with E-state index < -0.39 is 11.5 Å². The van der Waals surface area contributed by atoms with E-state index in [1.165, 1.54) is 0 Å². The van der Waals surface area contributed by atoms with E-state index in [2.05, 4.69) is 18.7 Å². The fourth-order valence-corrected chi connectivity index (χ4v) is 2.44. The molecule has 1 aliphatic rings. The van der Waals surface area contributed by atoms with Gasteiger partial charge in [0.1, 0.15) is 5.54 Å². The molecule has 0 radical (unpaired) electrons. The van der Waals surface area contributed by atoms with Crippen LogP contribution in [0.3, 0.4) is 0 Å². The minimum atomic E-state index is -0.714. The van der Waals surface area contributed by atoms with E-state index in [1.54, 1.807) is 0 Å². The Hall–Kier alpha value is -0.610. The van der Waals surface area contributed by atoms with Crippen molar-refractivity contribution in [2.75, 3.05) is 19.6 Å². The third-order valence-electron chi connectivity index (χ3n) is 3.99. The first-order valence-corrected chi connectivity index (χ1v) is 6.58. The number of carbonyl (C=O) groups is 1. The van der Waals surface area contributed by atoms with Crippen molar-refractivity contribution in [3.8, 4) is 0 Å². The van der Waals surface area contributed by atoms with Crippen LogP contribution in [-0.4, -0.2) is 41.1 Å². The van der Waals surface area contributed by atoms with Crippen LogP contribution >= 0.6 is 0 Å². The molecule has 0 aromatic rings. The van der Waals surface area contributed by atoms with Gasteiger partial charge in [-0.15, -0.1) is 0 Å². The highest BCUT2D eigenvalue weighted by Crippen LogP contribution is 2.29. The molecular weight excluding hydrogens is 216 g/mol. The summed E-state index contributed by atoms with van der Waals surface area (Å²) in [5, 5.41) is 9.49. The van der Waals surface area contributed by atoms with Gasteiger partial charge in [0.2, 0.25) is 0 Å². The normalized spacial score (nSPS) is 25.1. The van der Waals surface area contributed by atoms with Gasteiger partial charge in [-0.25, -0.2) is 0 Å². The van der Waals surface area contributed by atoms with Gasteiger partial charge in [-0.3, -0.25) is 9.69 Å². The van der Waals surface area contributed by atoms with Crippen LogP contribution in [0.5, 0.6) is 0 Å². The summed E-state index contributed by atoms with van der Waals surface area (Å²) in [6.45, 7) is 8.48. The minimum Gasteiger partial charge on any atom is -0.480 e. The van der Waals surface area contributed by atoms with Crippen LogP contribution in [-0.2, 0) is 4.79 Å². The van der Waals surface area contributed by atoms with Gasteiger partial charge in [-0.2, -0.15) is 0 Å². The van der Waals surface area contributed by atoms with Crippen LogP contribution in [0.25, 0.3) is 0 Å². The van der Waals surface area contributed by atoms with Crippen molar-refractivity contribution in [3.63, 3.8) is 0 Å². The van der Waals surface area contributed by atoms with Crippen molar-refractivity contribution < 1.29 is 9.90 Å². The van der Waals surface area contributed by atoms with Gasteiger partial charge in [0.15, 0.2) is 0 Å². The van der Waals surface area contributed by atoms with Crippen LogP contribution in [0.2, 0.25) is 0 Å². The highest BCUT2D eigenvalue weighted by molar-refractivity contribution is 5.78. The smallest absolute Gasteiger partial charge is 0.323 e. The summed E-state index contributed by atoms with van der Waals surface area (Å²) in [5.74, 6) is 0.310. The fraction of sp³-hybridized carbons (Fsp3) is 0.923. The number of aliphatic carboxylic acids is 1. The van der Waals surface area contributed by atoms with Gasteiger partial charge in [0.05, 0.1) is 0 Å². The zero-order chi connectivity index (χ0) is 13.1. The zero-order valence-corrected chi connectivity index (χ0v) is 11.3. The Morgan fingerprint density at radius 1 is 1.59 bits per heavy atom. The lowest BCUT2D eigenvalue weighted by Gasteiger charge is -2.35. The molecule has 17 heavy (non-hydrogen) atoms. The number of nitrogens with two attached hydrogens (primary N) is 1. The Morgan fingerprint density at radius 3 is 2.65 bits per heavy atom. The second-order valence-electron chi connectivity index (χ2n) is 5.85. The Balaban J connectivity index is 2.68. The Bertz CT molecular complexity index is 268. The van der Waals surface area contributed by atoms with Crippen molar-refractivity contribution in [2.45, 2.75) is 45.6 Å². The van der Waals surface area contributed by atoms with Gasteiger partial charge in [-0.05, 0) is 51.1 Å². The Kier molecular flexibility index (Phi) is 4.95. The summed E-state index contributed by atoms with van der Waals surface area (Å²) < 4.78 is 0. The van der Waals surface area contributed by atoms with Crippen LogP contribution in [0.4, 0.5) is 0 Å². The highest BCUT2D eigenvalue weighted by Gasteiger charge is 2.42. The topological polar surface area (TPSA) is 66.6 Å². The van der Waals surface area contributed by atoms with Crippen LogP contribution in [0.1, 0.15) is 40.0 Å². The molecule has 0 saturated carbocycles. The fourth-order valence-electron chi connectivity index (χ4n) is 2.44. The molecule has 1 aliphatic heterocycles. The molecule has 100 valence electrons.